The number of esters is 1. The molecule has 0 spiro atoms. The van der Waals surface area contributed by atoms with Crippen molar-refractivity contribution in [2.24, 2.45) is 0 Å². The summed E-state index contributed by atoms with van der Waals surface area (Å²) in [5.74, 6) is -2.03. The van der Waals surface area contributed by atoms with Crippen molar-refractivity contribution in [3.8, 4) is 5.75 Å². The fourth-order valence-electron chi connectivity index (χ4n) is 2.31. The lowest BCUT2D eigenvalue weighted by atomic mass is 10.1. The summed E-state index contributed by atoms with van der Waals surface area (Å²) < 4.78 is 23.4. The SMILES string of the molecule is COc1ccc(CC(=O)O[C@H](C)C(=O)NC(=O)NCc2ccccc2)cc1F. The van der Waals surface area contributed by atoms with Gasteiger partial charge in [0.15, 0.2) is 17.7 Å². The van der Waals surface area contributed by atoms with Gasteiger partial charge in [0.1, 0.15) is 0 Å². The quantitative estimate of drug-likeness (QED) is 0.710. The van der Waals surface area contributed by atoms with Crippen molar-refractivity contribution in [3.05, 3.63) is 65.5 Å². The minimum atomic E-state index is -1.18. The molecular weight excluding hydrogens is 367 g/mol. The molecule has 0 saturated heterocycles. The first kappa shape index (κ1) is 20.9. The van der Waals surface area contributed by atoms with Crippen LogP contribution in [-0.4, -0.2) is 31.1 Å². The molecule has 8 heteroatoms. The average Bonchev–Trinajstić information content (AvgIpc) is 2.67. The number of amides is 3. The van der Waals surface area contributed by atoms with Gasteiger partial charge in [-0.1, -0.05) is 36.4 Å². The number of benzene rings is 2. The highest BCUT2D eigenvalue weighted by atomic mass is 19.1. The maximum Gasteiger partial charge on any atom is 0.321 e. The molecule has 0 unspecified atom stereocenters. The summed E-state index contributed by atoms with van der Waals surface area (Å²) in [4.78, 5) is 35.7. The molecule has 0 bridgehead atoms. The number of nitrogens with one attached hydrogen (secondary N) is 2. The molecule has 2 aromatic carbocycles. The third-order valence-electron chi connectivity index (χ3n) is 3.77. The predicted molar refractivity (Wildman–Crippen MR) is 99.0 cm³/mol. The molecule has 2 N–H and O–H groups in total. The van der Waals surface area contributed by atoms with Crippen LogP contribution in [0.3, 0.4) is 0 Å². The number of imide groups is 1. The second-order valence-electron chi connectivity index (χ2n) is 5.94. The van der Waals surface area contributed by atoms with Gasteiger partial charge < -0.3 is 14.8 Å². The number of rotatable bonds is 7. The molecule has 148 valence electrons. The summed E-state index contributed by atoms with van der Waals surface area (Å²) in [6, 6.07) is 12.5. The van der Waals surface area contributed by atoms with Crippen LogP contribution < -0.4 is 15.4 Å². The molecule has 0 aliphatic heterocycles. The largest absolute Gasteiger partial charge is 0.494 e. The summed E-state index contributed by atoms with van der Waals surface area (Å²) in [7, 11) is 1.34. The highest BCUT2D eigenvalue weighted by Crippen LogP contribution is 2.18. The van der Waals surface area contributed by atoms with Crippen molar-refractivity contribution in [1.82, 2.24) is 10.6 Å². The van der Waals surface area contributed by atoms with Gasteiger partial charge in [-0.3, -0.25) is 14.9 Å². The number of hydrogen-bond donors (Lipinski definition) is 2. The highest BCUT2D eigenvalue weighted by Gasteiger charge is 2.20. The summed E-state index contributed by atoms with van der Waals surface area (Å²) in [5, 5.41) is 4.63. The van der Waals surface area contributed by atoms with E-state index < -0.39 is 29.8 Å². The van der Waals surface area contributed by atoms with Gasteiger partial charge in [-0.25, -0.2) is 9.18 Å². The molecule has 0 aliphatic carbocycles. The van der Waals surface area contributed by atoms with Gasteiger partial charge in [-0.15, -0.1) is 0 Å². The zero-order valence-corrected chi connectivity index (χ0v) is 15.5. The number of halogens is 1. The monoisotopic (exact) mass is 388 g/mol. The Morgan fingerprint density at radius 2 is 1.79 bits per heavy atom. The summed E-state index contributed by atoms with van der Waals surface area (Å²) in [6.07, 6.45) is -1.41. The Bertz CT molecular complexity index is 842. The Morgan fingerprint density at radius 3 is 2.43 bits per heavy atom. The Labute approximate surface area is 161 Å². The molecule has 0 heterocycles. The van der Waals surface area contributed by atoms with Crippen LogP contribution in [0.1, 0.15) is 18.1 Å². The van der Waals surface area contributed by atoms with Crippen LogP contribution in [0.5, 0.6) is 5.75 Å². The maximum absolute atomic E-state index is 13.6. The fraction of sp³-hybridized carbons (Fsp3) is 0.250. The molecular formula is C20H21FN2O5. The lowest BCUT2D eigenvalue weighted by molar-refractivity contribution is -0.153. The van der Waals surface area contributed by atoms with Crippen molar-refractivity contribution in [1.29, 1.82) is 0 Å². The molecule has 28 heavy (non-hydrogen) atoms. The standard InChI is InChI=1S/C20H21FN2O5/c1-13(19(25)23-20(26)22-12-14-6-4-3-5-7-14)28-18(24)11-15-8-9-17(27-2)16(21)10-15/h3-10,13H,11-12H2,1-2H3,(H2,22,23,25,26)/t13-/m1/s1. The van der Waals surface area contributed by atoms with Crippen molar-refractivity contribution in [3.63, 3.8) is 0 Å². The van der Waals surface area contributed by atoms with Crippen molar-refractivity contribution >= 4 is 17.9 Å². The molecule has 0 aliphatic rings. The van der Waals surface area contributed by atoms with Crippen LogP contribution in [0, 0.1) is 5.82 Å². The van der Waals surface area contributed by atoms with Gasteiger partial charge in [0.2, 0.25) is 0 Å². The van der Waals surface area contributed by atoms with E-state index in [-0.39, 0.29) is 18.7 Å². The first-order valence-electron chi connectivity index (χ1n) is 8.53. The normalized spacial score (nSPS) is 11.2. The van der Waals surface area contributed by atoms with Crippen LogP contribution in [-0.2, 0) is 27.3 Å². The smallest absolute Gasteiger partial charge is 0.321 e. The first-order valence-corrected chi connectivity index (χ1v) is 8.53. The Morgan fingerprint density at radius 1 is 1.07 bits per heavy atom. The second kappa shape index (κ2) is 10.1. The van der Waals surface area contributed by atoms with E-state index in [4.69, 9.17) is 9.47 Å². The highest BCUT2D eigenvalue weighted by molar-refractivity contribution is 5.97. The zero-order valence-electron chi connectivity index (χ0n) is 15.5. The maximum atomic E-state index is 13.6. The number of hydrogen-bond acceptors (Lipinski definition) is 5. The number of urea groups is 1. The van der Waals surface area contributed by atoms with E-state index in [1.165, 1.54) is 26.2 Å². The Hall–Kier alpha value is -3.42. The van der Waals surface area contributed by atoms with Crippen LogP contribution in [0.2, 0.25) is 0 Å². The van der Waals surface area contributed by atoms with E-state index in [2.05, 4.69) is 10.6 Å². The molecule has 1 atom stereocenters. The van der Waals surface area contributed by atoms with Crippen LogP contribution in [0.25, 0.3) is 0 Å². The number of carbonyl (C=O) groups excluding carboxylic acids is 3. The summed E-state index contributed by atoms with van der Waals surface area (Å²) >= 11 is 0. The molecule has 3 amide bonds. The number of methoxy groups -OCH3 is 1. The van der Waals surface area contributed by atoms with E-state index in [0.29, 0.717) is 5.56 Å². The third kappa shape index (κ3) is 6.39. The van der Waals surface area contributed by atoms with Crippen molar-refractivity contribution in [2.45, 2.75) is 26.0 Å². The van der Waals surface area contributed by atoms with Gasteiger partial charge in [0.05, 0.1) is 13.5 Å². The van der Waals surface area contributed by atoms with Crippen LogP contribution in [0.4, 0.5) is 9.18 Å². The average molecular weight is 388 g/mol. The summed E-state index contributed by atoms with van der Waals surface area (Å²) in [6.45, 7) is 1.59. The lowest BCUT2D eigenvalue weighted by Crippen LogP contribution is -2.44. The molecule has 2 rings (SSSR count). The van der Waals surface area contributed by atoms with Crippen LogP contribution >= 0.6 is 0 Å². The molecule has 2 aromatic rings. The third-order valence-corrected chi connectivity index (χ3v) is 3.77. The first-order chi connectivity index (χ1) is 13.4. The second-order valence-corrected chi connectivity index (χ2v) is 5.94. The number of ether oxygens (including phenoxy) is 2. The molecule has 0 aromatic heterocycles. The van der Waals surface area contributed by atoms with E-state index in [1.807, 2.05) is 30.3 Å². The summed E-state index contributed by atoms with van der Waals surface area (Å²) in [5.41, 5.74) is 1.24. The van der Waals surface area contributed by atoms with E-state index >= 15 is 0 Å². The minimum absolute atomic E-state index is 0.0615. The van der Waals surface area contributed by atoms with E-state index in [9.17, 15) is 18.8 Å². The van der Waals surface area contributed by atoms with Gasteiger partial charge in [0.25, 0.3) is 5.91 Å². The van der Waals surface area contributed by atoms with Crippen molar-refractivity contribution in [2.75, 3.05) is 7.11 Å². The molecule has 0 saturated carbocycles. The fourth-order valence-corrected chi connectivity index (χ4v) is 2.31. The van der Waals surface area contributed by atoms with Gasteiger partial charge in [0, 0.05) is 6.54 Å². The molecule has 0 fully saturated rings. The topological polar surface area (TPSA) is 93.7 Å². The Kier molecular flexibility index (Phi) is 7.50. The van der Waals surface area contributed by atoms with Crippen LogP contribution in [0.15, 0.2) is 48.5 Å². The van der Waals surface area contributed by atoms with Gasteiger partial charge in [-0.2, -0.15) is 0 Å². The Balaban J connectivity index is 1.78. The lowest BCUT2D eigenvalue weighted by Gasteiger charge is -2.13. The van der Waals surface area contributed by atoms with Gasteiger partial charge in [-0.05, 0) is 30.2 Å². The van der Waals surface area contributed by atoms with E-state index in [0.717, 1.165) is 11.6 Å². The minimum Gasteiger partial charge on any atom is -0.494 e. The predicted octanol–water partition coefficient (Wildman–Crippen LogP) is 2.33. The van der Waals surface area contributed by atoms with Gasteiger partial charge >= 0.3 is 12.0 Å². The van der Waals surface area contributed by atoms with Crippen molar-refractivity contribution < 1.29 is 28.2 Å². The molecule has 7 nitrogen and oxygen atoms in total. The zero-order chi connectivity index (χ0) is 20.5. The molecule has 0 radical (unpaired) electrons. The number of carbonyl (C=O) groups is 3. The van der Waals surface area contributed by atoms with E-state index in [1.54, 1.807) is 0 Å².